The molecule has 3 aliphatic rings. The largest absolute Gasteiger partial charge is 0.491 e. The maximum absolute atomic E-state index is 11.8. The summed E-state index contributed by atoms with van der Waals surface area (Å²) in [6, 6.07) is 8.38. The van der Waals surface area contributed by atoms with E-state index < -0.39 is 0 Å². The predicted molar refractivity (Wildman–Crippen MR) is 142 cm³/mol. The minimum Gasteiger partial charge on any atom is -0.491 e. The highest BCUT2D eigenvalue weighted by atomic mass is 16.5. The Morgan fingerprint density at radius 1 is 1.16 bits per heavy atom. The third kappa shape index (κ3) is 4.90. The minimum atomic E-state index is -0.195. The van der Waals surface area contributed by atoms with Gasteiger partial charge in [0, 0.05) is 31.0 Å². The number of ether oxygens (including phenoxy) is 2. The Balaban J connectivity index is 1.20. The average molecular weight is 505 g/mol. The van der Waals surface area contributed by atoms with Crippen molar-refractivity contribution in [2.75, 3.05) is 32.0 Å². The van der Waals surface area contributed by atoms with Crippen LogP contribution in [0, 0.1) is 5.92 Å². The number of carbonyl (C=O) groups is 1. The van der Waals surface area contributed by atoms with E-state index in [1.54, 1.807) is 6.33 Å². The maximum Gasteiger partial charge on any atom is 0.234 e. The number of likely N-dealkylation sites (tertiary alicyclic amines) is 1. The number of aromatic nitrogens is 3. The number of hydrogen-bond donors (Lipinski definition) is 2. The summed E-state index contributed by atoms with van der Waals surface area (Å²) < 4.78 is 14.2. The molecule has 1 aromatic carbocycles. The zero-order valence-electron chi connectivity index (χ0n) is 21.2. The molecule has 196 valence electrons. The maximum atomic E-state index is 11.8. The van der Waals surface area contributed by atoms with E-state index in [9.17, 15) is 4.79 Å². The molecule has 6 rings (SSSR count). The molecule has 2 aliphatic heterocycles. The van der Waals surface area contributed by atoms with Crippen LogP contribution in [0.25, 0.3) is 22.2 Å². The van der Waals surface area contributed by atoms with Crippen molar-refractivity contribution in [1.29, 1.82) is 0 Å². The molecular weight excluding hydrogens is 468 g/mol. The molecule has 9 nitrogen and oxygen atoms in total. The van der Waals surface area contributed by atoms with E-state index in [0.29, 0.717) is 24.4 Å². The Bertz CT molecular complexity index is 1260. The number of anilines is 1. The van der Waals surface area contributed by atoms with Crippen molar-refractivity contribution in [1.82, 2.24) is 19.4 Å². The molecule has 1 aliphatic carbocycles. The molecule has 4 N–H and O–H groups in total. The van der Waals surface area contributed by atoms with Crippen molar-refractivity contribution in [2.45, 2.75) is 63.1 Å². The van der Waals surface area contributed by atoms with E-state index in [1.807, 2.05) is 12.1 Å². The fourth-order valence-corrected chi connectivity index (χ4v) is 6.26. The van der Waals surface area contributed by atoms with Crippen LogP contribution < -0.4 is 16.2 Å². The van der Waals surface area contributed by atoms with Gasteiger partial charge in [0.1, 0.15) is 30.1 Å². The number of hydrogen-bond acceptors (Lipinski definition) is 7. The summed E-state index contributed by atoms with van der Waals surface area (Å²) in [4.78, 5) is 23.0. The van der Waals surface area contributed by atoms with Gasteiger partial charge in [-0.2, -0.15) is 0 Å². The Morgan fingerprint density at radius 2 is 2.05 bits per heavy atom. The predicted octanol–water partition coefficient (Wildman–Crippen LogP) is 3.53. The van der Waals surface area contributed by atoms with Crippen LogP contribution in [0.4, 0.5) is 5.82 Å². The molecule has 3 aromatic rings. The van der Waals surface area contributed by atoms with E-state index in [1.165, 1.54) is 6.42 Å². The number of rotatable bonds is 8. The van der Waals surface area contributed by atoms with Crippen LogP contribution in [0.2, 0.25) is 0 Å². The van der Waals surface area contributed by atoms with Crippen LogP contribution in [-0.4, -0.2) is 63.8 Å². The van der Waals surface area contributed by atoms with Gasteiger partial charge in [-0.3, -0.25) is 9.69 Å². The first kappa shape index (κ1) is 24.2. The molecule has 37 heavy (non-hydrogen) atoms. The summed E-state index contributed by atoms with van der Waals surface area (Å²) in [6.07, 6.45) is 11.2. The van der Waals surface area contributed by atoms with Gasteiger partial charge in [-0.05, 0) is 75.1 Å². The number of benzene rings is 1. The monoisotopic (exact) mass is 504 g/mol. The van der Waals surface area contributed by atoms with Crippen LogP contribution in [0.15, 0.2) is 36.8 Å². The van der Waals surface area contributed by atoms with Crippen molar-refractivity contribution >= 4 is 22.8 Å². The Labute approximate surface area is 217 Å². The van der Waals surface area contributed by atoms with Gasteiger partial charge in [0.15, 0.2) is 0 Å². The summed E-state index contributed by atoms with van der Waals surface area (Å²) in [5, 5.41) is 0.882. The normalized spacial score (nSPS) is 26.3. The highest BCUT2D eigenvalue weighted by Gasteiger charge is 2.37. The quantitative estimate of drug-likeness (QED) is 0.481. The molecule has 2 saturated heterocycles. The summed E-state index contributed by atoms with van der Waals surface area (Å²) in [5.41, 5.74) is 14.9. The van der Waals surface area contributed by atoms with Crippen LogP contribution in [-0.2, 0) is 9.53 Å². The number of nitrogen functional groups attached to an aromatic ring is 1. The number of amides is 1. The van der Waals surface area contributed by atoms with Gasteiger partial charge in [0.25, 0.3) is 0 Å². The van der Waals surface area contributed by atoms with E-state index in [0.717, 1.165) is 86.1 Å². The number of fused-ring (bicyclic) bond motifs is 1. The van der Waals surface area contributed by atoms with Gasteiger partial charge in [-0.25, -0.2) is 9.97 Å². The summed E-state index contributed by atoms with van der Waals surface area (Å²) in [7, 11) is 0. The molecular formula is C28H36N6O3. The standard InChI is InChI=1S/C28H36N6O3/c29-26-25-23(19-5-3-7-21(13-19)37-16-22-6-1-2-10-36-22)15-34(28(25)32-17-31-26)20-11-18(12-20)14-33-9-4-8-24(33)27(30)35/h3,5,7,13,15,17-18,20,22,24H,1-2,4,6,8-12,14,16H2,(H2,30,35)(H2,29,31,32)/t18?,20?,22-,24+/m1/s1. The van der Waals surface area contributed by atoms with Gasteiger partial charge in [0.05, 0.1) is 17.5 Å². The van der Waals surface area contributed by atoms with Gasteiger partial charge < -0.3 is 25.5 Å². The van der Waals surface area contributed by atoms with Crippen LogP contribution >= 0.6 is 0 Å². The first-order valence-corrected chi connectivity index (χ1v) is 13.6. The van der Waals surface area contributed by atoms with E-state index in [-0.39, 0.29) is 18.1 Å². The molecule has 1 amide bonds. The van der Waals surface area contributed by atoms with Crippen molar-refractivity contribution in [3.63, 3.8) is 0 Å². The van der Waals surface area contributed by atoms with Crippen molar-refractivity contribution in [3.8, 4) is 16.9 Å². The molecule has 2 aromatic heterocycles. The topological polar surface area (TPSA) is 122 Å². The number of nitrogens with two attached hydrogens (primary N) is 2. The number of nitrogens with zero attached hydrogens (tertiary/aromatic N) is 4. The average Bonchev–Trinajstić information content (AvgIpc) is 3.51. The molecule has 0 unspecified atom stereocenters. The number of primary amides is 1. The Kier molecular flexibility index (Phi) is 6.73. The molecule has 4 heterocycles. The van der Waals surface area contributed by atoms with Gasteiger partial charge >= 0.3 is 0 Å². The van der Waals surface area contributed by atoms with Gasteiger partial charge in [-0.1, -0.05) is 12.1 Å². The van der Waals surface area contributed by atoms with E-state index in [4.69, 9.17) is 20.9 Å². The zero-order valence-corrected chi connectivity index (χ0v) is 21.2. The van der Waals surface area contributed by atoms with E-state index in [2.05, 4.69) is 37.8 Å². The lowest BCUT2D eigenvalue weighted by Gasteiger charge is -2.39. The molecule has 0 bridgehead atoms. The zero-order chi connectivity index (χ0) is 25.4. The molecule has 9 heteroatoms. The van der Waals surface area contributed by atoms with Crippen molar-refractivity contribution in [3.05, 3.63) is 36.8 Å². The lowest BCUT2D eigenvalue weighted by molar-refractivity contribution is -0.122. The summed E-state index contributed by atoms with van der Waals surface area (Å²) in [6.45, 7) is 3.27. The van der Waals surface area contributed by atoms with Crippen LogP contribution in [0.3, 0.4) is 0 Å². The second-order valence-electron chi connectivity index (χ2n) is 10.8. The SMILES string of the molecule is NC(=O)[C@@H]1CCCN1CC1CC(n2cc(-c3cccc(OC[C@H]4CCCCO4)c3)c3c(N)ncnc32)C1. The second kappa shape index (κ2) is 10.3. The summed E-state index contributed by atoms with van der Waals surface area (Å²) >= 11 is 0. The molecule has 0 radical (unpaired) electrons. The first-order chi connectivity index (χ1) is 18.1. The molecule has 0 spiro atoms. The van der Waals surface area contributed by atoms with Crippen LogP contribution in [0.5, 0.6) is 5.75 Å². The third-order valence-corrected chi connectivity index (χ3v) is 8.28. The van der Waals surface area contributed by atoms with Gasteiger partial charge in [0.2, 0.25) is 5.91 Å². The van der Waals surface area contributed by atoms with E-state index >= 15 is 0 Å². The lowest BCUT2D eigenvalue weighted by atomic mass is 9.79. The fourth-order valence-electron chi connectivity index (χ4n) is 6.26. The molecule has 3 fully saturated rings. The Hall–Kier alpha value is -3.17. The lowest BCUT2D eigenvalue weighted by Crippen LogP contribution is -2.44. The molecule has 2 atom stereocenters. The van der Waals surface area contributed by atoms with Crippen LogP contribution in [0.1, 0.15) is 51.0 Å². The Morgan fingerprint density at radius 3 is 2.86 bits per heavy atom. The minimum absolute atomic E-state index is 0.107. The third-order valence-electron chi connectivity index (χ3n) is 8.28. The smallest absolute Gasteiger partial charge is 0.234 e. The highest BCUT2D eigenvalue weighted by Crippen LogP contribution is 2.44. The van der Waals surface area contributed by atoms with Crippen molar-refractivity contribution < 1.29 is 14.3 Å². The fraction of sp³-hybridized carbons (Fsp3) is 0.536. The second-order valence-corrected chi connectivity index (χ2v) is 10.8. The number of carbonyl (C=O) groups excluding carboxylic acids is 1. The first-order valence-electron chi connectivity index (χ1n) is 13.6. The summed E-state index contributed by atoms with van der Waals surface area (Å²) in [5.74, 6) is 1.65. The van der Waals surface area contributed by atoms with Gasteiger partial charge in [-0.15, -0.1) is 0 Å². The van der Waals surface area contributed by atoms with Crippen molar-refractivity contribution in [2.24, 2.45) is 11.7 Å². The highest BCUT2D eigenvalue weighted by molar-refractivity contribution is 6.00. The molecule has 1 saturated carbocycles.